The Balaban J connectivity index is 2.48. The quantitative estimate of drug-likeness (QED) is 0.679. The Hall–Kier alpha value is -1.43. The van der Waals surface area contributed by atoms with Crippen molar-refractivity contribution in [3.05, 3.63) is 34.1 Å². The fraction of sp³-hybridized carbons (Fsp3) is 0.273. The molecule has 1 aromatic rings. The predicted molar refractivity (Wildman–Crippen MR) is 62.8 cm³/mol. The minimum Gasteiger partial charge on any atom is -0.462 e. The lowest BCUT2D eigenvalue weighted by molar-refractivity contribution is -0.152. The van der Waals surface area contributed by atoms with Crippen molar-refractivity contribution >= 4 is 27.8 Å². The van der Waals surface area contributed by atoms with E-state index in [-0.39, 0.29) is 12.4 Å². The number of carbonyl (C=O) groups is 2. The molecule has 0 fully saturated rings. The van der Waals surface area contributed by atoms with Crippen LogP contribution in [0.25, 0.3) is 0 Å². The Morgan fingerprint density at radius 2 is 2.18 bits per heavy atom. The Morgan fingerprint density at radius 3 is 2.82 bits per heavy atom. The van der Waals surface area contributed by atoms with Gasteiger partial charge in [-0.3, -0.25) is 4.79 Å². The van der Waals surface area contributed by atoms with Crippen LogP contribution in [0.2, 0.25) is 0 Å². The molecule has 0 aliphatic heterocycles. The van der Waals surface area contributed by atoms with Crippen molar-refractivity contribution in [1.82, 2.24) is 5.32 Å². The molecule has 0 radical (unpaired) electrons. The number of benzene rings is 1. The molecule has 0 saturated carbocycles. The standard InChI is InChI=1S/C11H11BrFNO3/c1-17-11(16)10(15)14-5-4-7-6-8(12)2-3-9(7)13/h2-3,6H,4-5H2,1H3,(H,14,15). The first kappa shape index (κ1) is 13.6. The Morgan fingerprint density at radius 1 is 1.47 bits per heavy atom. The van der Waals surface area contributed by atoms with Crippen molar-refractivity contribution in [1.29, 1.82) is 0 Å². The average molecular weight is 304 g/mol. The first-order chi connectivity index (χ1) is 8.04. The Kier molecular flexibility index (Phi) is 5.09. The maximum absolute atomic E-state index is 13.3. The highest BCUT2D eigenvalue weighted by molar-refractivity contribution is 9.10. The van der Waals surface area contributed by atoms with Crippen LogP contribution < -0.4 is 5.32 Å². The summed E-state index contributed by atoms with van der Waals surface area (Å²) in [5.74, 6) is -2.14. The summed E-state index contributed by atoms with van der Waals surface area (Å²) in [5, 5.41) is 2.33. The molecule has 0 bridgehead atoms. The molecular weight excluding hydrogens is 293 g/mol. The van der Waals surface area contributed by atoms with Crippen LogP contribution in [0, 0.1) is 5.82 Å². The van der Waals surface area contributed by atoms with Gasteiger partial charge in [-0.25, -0.2) is 9.18 Å². The minimum absolute atomic E-state index is 0.168. The van der Waals surface area contributed by atoms with Gasteiger partial charge in [0.2, 0.25) is 0 Å². The van der Waals surface area contributed by atoms with E-state index in [9.17, 15) is 14.0 Å². The highest BCUT2D eigenvalue weighted by atomic mass is 79.9. The monoisotopic (exact) mass is 303 g/mol. The molecule has 0 aliphatic carbocycles. The van der Waals surface area contributed by atoms with Crippen molar-refractivity contribution in [3.8, 4) is 0 Å². The summed E-state index contributed by atoms with van der Waals surface area (Å²) in [7, 11) is 1.12. The first-order valence-electron chi connectivity index (χ1n) is 4.84. The number of amides is 1. The van der Waals surface area contributed by atoms with Crippen LogP contribution in [0.15, 0.2) is 22.7 Å². The number of halogens is 2. The third kappa shape index (κ3) is 4.14. The van der Waals surface area contributed by atoms with Crippen molar-refractivity contribution in [2.75, 3.05) is 13.7 Å². The van der Waals surface area contributed by atoms with E-state index in [4.69, 9.17) is 0 Å². The molecule has 0 unspecified atom stereocenters. The SMILES string of the molecule is COC(=O)C(=O)NCCc1cc(Br)ccc1F. The summed E-state index contributed by atoms with van der Waals surface area (Å²) in [6, 6.07) is 4.55. The normalized spacial score (nSPS) is 9.82. The van der Waals surface area contributed by atoms with Gasteiger partial charge in [-0.1, -0.05) is 15.9 Å². The number of esters is 1. The van der Waals surface area contributed by atoms with E-state index < -0.39 is 11.9 Å². The van der Waals surface area contributed by atoms with Crippen LogP contribution in [0.3, 0.4) is 0 Å². The number of hydrogen-bond acceptors (Lipinski definition) is 3. The van der Waals surface area contributed by atoms with E-state index >= 15 is 0 Å². The van der Waals surface area contributed by atoms with E-state index in [1.54, 1.807) is 12.1 Å². The summed E-state index contributed by atoms with van der Waals surface area (Å²) in [6.07, 6.45) is 0.300. The van der Waals surface area contributed by atoms with Crippen molar-refractivity contribution in [3.63, 3.8) is 0 Å². The van der Waals surface area contributed by atoms with Gasteiger partial charge in [0.1, 0.15) is 5.82 Å². The van der Waals surface area contributed by atoms with Gasteiger partial charge in [0.05, 0.1) is 7.11 Å². The summed E-state index contributed by atoms with van der Waals surface area (Å²) in [4.78, 5) is 21.8. The minimum atomic E-state index is -0.959. The zero-order valence-corrected chi connectivity index (χ0v) is 10.7. The van der Waals surface area contributed by atoms with Crippen LogP contribution >= 0.6 is 15.9 Å². The molecule has 92 valence electrons. The highest BCUT2D eigenvalue weighted by Gasteiger charge is 2.12. The zero-order valence-electron chi connectivity index (χ0n) is 9.13. The van der Waals surface area contributed by atoms with Gasteiger partial charge in [-0.15, -0.1) is 0 Å². The van der Waals surface area contributed by atoms with Gasteiger partial charge in [0.25, 0.3) is 0 Å². The van der Waals surface area contributed by atoms with E-state index in [1.165, 1.54) is 6.07 Å². The van der Waals surface area contributed by atoms with Crippen molar-refractivity contribution < 1.29 is 18.7 Å². The lowest BCUT2D eigenvalue weighted by Gasteiger charge is -2.05. The molecule has 0 saturated heterocycles. The number of rotatable bonds is 3. The Labute approximate surface area is 106 Å². The van der Waals surface area contributed by atoms with Gasteiger partial charge in [0, 0.05) is 11.0 Å². The number of hydrogen-bond donors (Lipinski definition) is 1. The van der Waals surface area contributed by atoms with Gasteiger partial charge in [-0.2, -0.15) is 0 Å². The molecule has 6 heteroatoms. The fourth-order valence-electron chi connectivity index (χ4n) is 1.21. The lowest BCUT2D eigenvalue weighted by Crippen LogP contribution is -2.33. The molecule has 1 aromatic carbocycles. The number of methoxy groups -OCH3 is 1. The van der Waals surface area contributed by atoms with Crippen LogP contribution in [0.4, 0.5) is 4.39 Å². The fourth-order valence-corrected chi connectivity index (χ4v) is 1.62. The van der Waals surface area contributed by atoms with Gasteiger partial charge in [-0.05, 0) is 30.2 Å². The van der Waals surface area contributed by atoms with Crippen molar-refractivity contribution in [2.45, 2.75) is 6.42 Å². The van der Waals surface area contributed by atoms with E-state index in [0.717, 1.165) is 11.6 Å². The first-order valence-corrected chi connectivity index (χ1v) is 5.64. The third-order valence-corrected chi connectivity index (χ3v) is 2.55. The molecule has 0 aromatic heterocycles. The second kappa shape index (κ2) is 6.34. The van der Waals surface area contributed by atoms with Crippen LogP contribution in [-0.4, -0.2) is 25.5 Å². The topological polar surface area (TPSA) is 55.4 Å². The molecule has 1 N–H and O–H groups in total. The molecule has 0 atom stereocenters. The summed E-state index contributed by atoms with van der Waals surface area (Å²) in [6.45, 7) is 0.168. The van der Waals surface area contributed by atoms with Crippen LogP contribution in [0.5, 0.6) is 0 Å². The highest BCUT2D eigenvalue weighted by Crippen LogP contribution is 2.15. The third-order valence-electron chi connectivity index (χ3n) is 2.06. The average Bonchev–Trinajstić information content (AvgIpc) is 2.32. The maximum atomic E-state index is 13.3. The number of nitrogens with one attached hydrogen (secondary N) is 1. The molecule has 17 heavy (non-hydrogen) atoms. The summed E-state index contributed by atoms with van der Waals surface area (Å²) >= 11 is 3.22. The molecule has 0 aliphatic rings. The summed E-state index contributed by atoms with van der Waals surface area (Å²) in [5.41, 5.74) is 0.463. The zero-order chi connectivity index (χ0) is 12.8. The molecule has 0 spiro atoms. The second-order valence-electron chi connectivity index (χ2n) is 3.23. The number of carbonyl (C=O) groups excluding carboxylic acids is 2. The van der Waals surface area contributed by atoms with Crippen LogP contribution in [-0.2, 0) is 20.7 Å². The predicted octanol–water partition coefficient (Wildman–Crippen LogP) is 1.42. The van der Waals surface area contributed by atoms with E-state index in [0.29, 0.717) is 12.0 Å². The van der Waals surface area contributed by atoms with Gasteiger partial charge in [0.15, 0.2) is 0 Å². The lowest BCUT2D eigenvalue weighted by atomic mass is 10.1. The van der Waals surface area contributed by atoms with Crippen LogP contribution in [0.1, 0.15) is 5.56 Å². The smallest absolute Gasteiger partial charge is 0.396 e. The molecule has 0 heterocycles. The number of ether oxygens (including phenoxy) is 1. The van der Waals surface area contributed by atoms with Gasteiger partial charge < -0.3 is 10.1 Å². The van der Waals surface area contributed by atoms with E-state index in [2.05, 4.69) is 26.0 Å². The summed E-state index contributed by atoms with van der Waals surface area (Å²) < 4.78 is 18.3. The maximum Gasteiger partial charge on any atom is 0.396 e. The van der Waals surface area contributed by atoms with Gasteiger partial charge >= 0.3 is 11.9 Å². The molecule has 4 nitrogen and oxygen atoms in total. The largest absolute Gasteiger partial charge is 0.462 e. The molecule has 1 rings (SSSR count). The molecule has 1 amide bonds. The second-order valence-corrected chi connectivity index (χ2v) is 4.15. The van der Waals surface area contributed by atoms with E-state index in [1.807, 2.05) is 0 Å². The van der Waals surface area contributed by atoms with Crippen molar-refractivity contribution in [2.24, 2.45) is 0 Å². The molecular formula is C11H11BrFNO3. The Bertz CT molecular complexity index is 437.